The summed E-state index contributed by atoms with van der Waals surface area (Å²) in [5, 5.41) is 0.845. The Bertz CT molecular complexity index is 928. The Morgan fingerprint density at radius 3 is 2.50 bits per heavy atom. The molecule has 3 aromatic rings. The van der Waals surface area contributed by atoms with Gasteiger partial charge in [-0.3, -0.25) is 4.79 Å². The van der Waals surface area contributed by atoms with Crippen molar-refractivity contribution in [1.29, 1.82) is 0 Å². The lowest BCUT2D eigenvalue weighted by molar-refractivity contribution is 0.0717. The molecule has 0 spiro atoms. The van der Waals surface area contributed by atoms with Crippen molar-refractivity contribution in [3.63, 3.8) is 0 Å². The summed E-state index contributed by atoms with van der Waals surface area (Å²) >= 11 is 0. The van der Waals surface area contributed by atoms with E-state index in [1.807, 2.05) is 18.2 Å². The van der Waals surface area contributed by atoms with Crippen LogP contribution in [0.1, 0.15) is 10.6 Å². The quantitative estimate of drug-likeness (QED) is 0.722. The molecular formula is C20H19FN2O3. The molecule has 0 unspecified atom stereocenters. The van der Waals surface area contributed by atoms with Crippen LogP contribution < -0.4 is 9.64 Å². The van der Waals surface area contributed by atoms with Crippen LogP contribution in [0.3, 0.4) is 0 Å². The van der Waals surface area contributed by atoms with Crippen LogP contribution in [0.4, 0.5) is 10.1 Å². The van der Waals surface area contributed by atoms with Gasteiger partial charge in [-0.15, -0.1) is 0 Å². The highest BCUT2D eigenvalue weighted by Gasteiger charge is 2.25. The van der Waals surface area contributed by atoms with Crippen molar-refractivity contribution < 1.29 is 18.3 Å². The molecule has 0 radical (unpaired) electrons. The molecule has 0 bridgehead atoms. The van der Waals surface area contributed by atoms with Crippen LogP contribution in [0.25, 0.3) is 11.0 Å². The van der Waals surface area contributed by atoms with Gasteiger partial charge < -0.3 is 19.0 Å². The zero-order chi connectivity index (χ0) is 18.1. The first-order valence-electron chi connectivity index (χ1n) is 8.52. The highest BCUT2D eigenvalue weighted by Crippen LogP contribution is 2.29. The van der Waals surface area contributed by atoms with E-state index in [2.05, 4.69) is 4.90 Å². The van der Waals surface area contributed by atoms with E-state index in [4.69, 9.17) is 9.15 Å². The SMILES string of the molecule is COc1cccc2cc(C(=O)N3CCN(c4ccc(F)cc4)CC3)oc12. The number of nitrogens with zero attached hydrogens (tertiary/aromatic N) is 2. The average molecular weight is 354 g/mol. The van der Waals surface area contributed by atoms with E-state index in [1.165, 1.54) is 12.1 Å². The summed E-state index contributed by atoms with van der Waals surface area (Å²) in [6.45, 7) is 2.57. The molecule has 2 heterocycles. The molecule has 2 aromatic carbocycles. The van der Waals surface area contributed by atoms with Gasteiger partial charge in [-0.05, 0) is 36.4 Å². The first kappa shape index (κ1) is 16.4. The van der Waals surface area contributed by atoms with E-state index in [9.17, 15) is 9.18 Å². The monoisotopic (exact) mass is 354 g/mol. The van der Waals surface area contributed by atoms with E-state index in [-0.39, 0.29) is 11.7 Å². The number of para-hydroxylation sites is 1. The molecule has 1 aliphatic rings. The number of anilines is 1. The van der Waals surface area contributed by atoms with E-state index in [0.717, 1.165) is 11.1 Å². The van der Waals surface area contributed by atoms with Gasteiger partial charge in [-0.1, -0.05) is 12.1 Å². The summed E-state index contributed by atoms with van der Waals surface area (Å²) in [5.74, 6) is 0.562. The summed E-state index contributed by atoms with van der Waals surface area (Å²) in [5.41, 5.74) is 1.55. The highest BCUT2D eigenvalue weighted by atomic mass is 19.1. The number of halogens is 1. The Hall–Kier alpha value is -3.02. The standard InChI is InChI=1S/C20H19FN2O3/c1-25-17-4-2-3-14-13-18(26-19(14)17)20(24)23-11-9-22(10-12-23)16-7-5-15(21)6-8-16/h2-8,13H,9-12H2,1H3. The smallest absolute Gasteiger partial charge is 0.289 e. The number of fused-ring (bicyclic) bond motifs is 1. The van der Waals surface area contributed by atoms with Crippen molar-refractivity contribution in [1.82, 2.24) is 4.90 Å². The van der Waals surface area contributed by atoms with Crippen LogP contribution in [0, 0.1) is 5.82 Å². The molecule has 1 saturated heterocycles. The van der Waals surface area contributed by atoms with Gasteiger partial charge in [0.05, 0.1) is 7.11 Å². The minimum absolute atomic E-state index is 0.123. The van der Waals surface area contributed by atoms with Crippen molar-refractivity contribution in [3.05, 3.63) is 60.1 Å². The van der Waals surface area contributed by atoms with Gasteiger partial charge in [0.15, 0.2) is 17.1 Å². The molecule has 134 valence electrons. The first-order valence-corrected chi connectivity index (χ1v) is 8.52. The second kappa shape index (κ2) is 6.71. The van der Waals surface area contributed by atoms with Crippen LogP contribution in [-0.2, 0) is 0 Å². The Kier molecular flexibility index (Phi) is 4.24. The topological polar surface area (TPSA) is 45.9 Å². The van der Waals surface area contributed by atoms with Crippen molar-refractivity contribution in [3.8, 4) is 5.75 Å². The summed E-state index contributed by atoms with van der Waals surface area (Å²) in [7, 11) is 1.58. The molecule has 0 aliphatic carbocycles. The first-order chi connectivity index (χ1) is 12.7. The number of amides is 1. The molecule has 1 aromatic heterocycles. The van der Waals surface area contributed by atoms with Crippen molar-refractivity contribution >= 4 is 22.6 Å². The molecule has 26 heavy (non-hydrogen) atoms. The number of hydrogen-bond acceptors (Lipinski definition) is 4. The number of hydrogen-bond donors (Lipinski definition) is 0. The van der Waals surface area contributed by atoms with E-state index in [1.54, 1.807) is 30.2 Å². The Labute approximate surface area is 150 Å². The lowest BCUT2D eigenvalue weighted by atomic mass is 10.2. The molecule has 4 rings (SSSR count). The second-order valence-corrected chi connectivity index (χ2v) is 6.24. The largest absolute Gasteiger partial charge is 0.493 e. The minimum atomic E-state index is -0.247. The summed E-state index contributed by atoms with van der Waals surface area (Å²) in [6, 6.07) is 13.8. The van der Waals surface area contributed by atoms with Gasteiger partial charge in [0.25, 0.3) is 5.91 Å². The Morgan fingerprint density at radius 1 is 1.08 bits per heavy atom. The number of ether oxygens (including phenoxy) is 1. The zero-order valence-electron chi connectivity index (χ0n) is 14.4. The van der Waals surface area contributed by atoms with Gasteiger partial charge in [0.1, 0.15) is 5.82 Å². The zero-order valence-corrected chi connectivity index (χ0v) is 14.4. The molecule has 0 N–H and O–H groups in total. The third kappa shape index (κ3) is 2.98. The molecule has 0 atom stereocenters. The maximum Gasteiger partial charge on any atom is 0.289 e. The number of piperazine rings is 1. The van der Waals surface area contributed by atoms with Crippen molar-refractivity contribution in [2.75, 3.05) is 38.2 Å². The molecule has 1 amide bonds. The van der Waals surface area contributed by atoms with Crippen molar-refractivity contribution in [2.24, 2.45) is 0 Å². The number of carbonyl (C=O) groups excluding carboxylic acids is 1. The van der Waals surface area contributed by atoms with Gasteiger partial charge in [-0.25, -0.2) is 4.39 Å². The molecule has 0 saturated carbocycles. The average Bonchev–Trinajstić information content (AvgIpc) is 3.12. The van der Waals surface area contributed by atoms with E-state index >= 15 is 0 Å². The van der Waals surface area contributed by atoms with Crippen LogP contribution >= 0.6 is 0 Å². The Morgan fingerprint density at radius 2 is 1.81 bits per heavy atom. The number of rotatable bonds is 3. The van der Waals surface area contributed by atoms with Gasteiger partial charge in [-0.2, -0.15) is 0 Å². The normalized spacial score (nSPS) is 14.7. The third-order valence-electron chi connectivity index (χ3n) is 4.70. The summed E-state index contributed by atoms with van der Waals surface area (Å²) < 4.78 is 24.1. The molecule has 1 fully saturated rings. The third-order valence-corrected chi connectivity index (χ3v) is 4.70. The number of methoxy groups -OCH3 is 1. The van der Waals surface area contributed by atoms with E-state index in [0.29, 0.717) is 43.3 Å². The molecular weight excluding hydrogens is 335 g/mol. The van der Waals surface area contributed by atoms with Gasteiger partial charge in [0.2, 0.25) is 0 Å². The fraction of sp³-hybridized carbons (Fsp3) is 0.250. The molecule has 1 aliphatic heterocycles. The van der Waals surface area contributed by atoms with Crippen LogP contribution in [0.2, 0.25) is 0 Å². The Balaban J connectivity index is 1.47. The molecule has 5 nitrogen and oxygen atoms in total. The number of carbonyl (C=O) groups is 1. The molecule has 6 heteroatoms. The minimum Gasteiger partial charge on any atom is -0.493 e. The lowest BCUT2D eigenvalue weighted by Gasteiger charge is -2.35. The second-order valence-electron chi connectivity index (χ2n) is 6.24. The lowest BCUT2D eigenvalue weighted by Crippen LogP contribution is -2.48. The predicted molar refractivity (Wildman–Crippen MR) is 97.3 cm³/mol. The van der Waals surface area contributed by atoms with Crippen LogP contribution in [0.15, 0.2) is 52.9 Å². The van der Waals surface area contributed by atoms with Gasteiger partial charge >= 0.3 is 0 Å². The van der Waals surface area contributed by atoms with E-state index < -0.39 is 0 Å². The number of benzene rings is 2. The fourth-order valence-electron chi connectivity index (χ4n) is 3.28. The highest BCUT2D eigenvalue weighted by molar-refractivity contribution is 5.97. The predicted octanol–water partition coefficient (Wildman–Crippen LogP) is 3.54. The summed E-state index contributed by atoms with van der Waals surface area (Å²) in [4.78, 5) is 16.7. The fourth-order valence-corrected chi connectivity index (χ4v) is 3.28. The summed E-state index contributed by atoms with van der Waals surface area (Å²) in [6.07, 6.45) is 0. The maximum absolute atomic E-state index is 13.1. The maximum atomic E-state index is 13.1. The van der Waals surface area contributed by atoms with Crippen LogP contribution in [-0.4, -0.2) is 44.1 Å². The van der Waals surface area contributed by atoms with Crippen molar-refractivity contribution in [2.45, 2.75) is 0 Å². The van der Waals surface area contributed by atoms with Crippen LogP contribution in [0.5, 0.6) is 5.75 Å². The number of furan rings is 1. The van der Waals surface area contributed by atoms with Gasteiger partial charge in [0, 0.05) is 37.3 Å².